The second-order valence-corrected chi connectivity index (χ2v) is 6.70. The first-order valence-electron chi connectivity index (χ1n) is 8.82. The summed E-state index contributed by atoms with van der Waals surface area (Å²) in [4.78, 5) is 31.7. The Morgan fingerprint density at radius 2 is 1.67 bits per heavy atom. The van der Waals surface area contributed by atoms with Gasteiger partial charge in [-0.1, -0.05) is 36.4 Å². The van der Waals surface area contributed by atoms with Crippen molar-refractivity contribution in [3.63, 3.8) is 0 Å². The zero-order valence-electron chi connectivity index (χ0n) is 15.8. The molecule has 0 N–H and O–H groups in total. The monoisotopic (exact) mass is 358 g/mol. The van der Waals surface area contributed by atoms with Crippen molar-refractivity contribution in [1.29, 1.82) is 0 Å². The number of hydrogen-bond acceptors (Lipinski definition) is 3. The molecular formula is C23H22N2O2. The molecule has 3 aromatic rings. The van der Waals surface area contributed by atoms with Crippen LogP contribution < -0.4 is 0 Å². The third-order valence-electron chi connectivity index (χ3n) is 4.66. The van der Waals surface area contributed by atoms with Crippen molar-refractivity contribution in [3.05, 3.63) is 100 Å². The molecule has 2 aromatic carbocycles. The second-order valence-electron chi connectivity index (χ2n) is 6.70. The summed E-state index contributed by atoms with van der Waals surface area (Å²) < 4.78 is 0. The predicted molar refractivity (Wildman–Crippen MR) is 106 cm³/mol. The number of aryl methyl sites for hydroxylation is 2. The lowest BCUT2D eigenvalue weighted by atomic mass is 9.95. The predicted octanol–water partition coefficient (Wildman–Crippen LogP) is 4.20. The van der Waals surface area contributed by atoms with E-state index < -0.39 is 0 Å². The van der Waals surface area contributed by atoms with Gasteiger partial charge in [-0.2, -0.15) is 0 Å². The van der Waals surface area contributed by atoms with Crippen molar-refractivity contribution < 1.29 is 9.59 Å². The summed E-state index contributed by atoms with van der Waals surface area (Å²) in [6.45, 7) is 4.41. The first kappa shape index (κ1) is 18.5. The number of carbonyl (C=O) groups is 2. The van der Waals surface area contributed by atoms with Crippen LogP contribution >= 0.6 is 0 Å². The van der Waals surface area contributed by atoms with Crippen LogP contribution in [0, 0.1) is 13.8 Å². The van der Waals surface area contributed by atoms with Gasteiger partial charge in [-0.3, -0.25) is 14.6 Å². The Morgan fingerprint density at radius 1 is 0.926 bits per heavy atom. The van der Waals surface area contributed by atoms with Gasteiger partial charge in [0.2, 0.25) is 0 Å². The van der Waals surface area contributed by atoms with Crippen molar-refractivity contribution in [2.75, 3.05) is 7.05 Å². The molecule has 0 fully saturated rings. The van der Waals surface area contributed by atoms with Crippen LogP contribution in [0.3, 0.4) is 0 Å². The Kier molecular flexibility index (Phi) is 5.46. The minimum absolute atomic E-state index is 0.142. The highest BCUT2D eigenvalue weighted by atomic mass is 16.2. The summed E-state index contributed by atoms with van der Waals surface area (Å²) in [5, 5.41) is 0. The summed E-state index contributed by atoms with van der Waals surface area (Å²) in [7, 11) is 1.73. The average molecular weight is 358 g/mol. The van der Waals surface area contributed by atoms with Crippen molar-refractivity contribution in [2.45, 2.75) is 20.4 Å². The van der Waals surface area contributed by atoms with E-state index in [0.29, 0.717) is 23.2 Å². The molecule has 0 unspecified atom stereocenters. The lowest BCUT2D eigenvalue weighted by molar-refractivity contribution is 0.0780. The van der Waals surface area contributed by atoms with Gasteiger partial charge in [-0.25, -0.2) is 0 Å². The zero-order chi connectivity index (χ0) is 19.4. The van der Waals surface area contributed by atoms with Crippen LogP contribution in [0.4, 0.5) is 0 Å². The van der Waals surface area contributed by atoms with Crippen LogP contribution in [0.15, 0.2) is 67.0 Å². The molecule has 1 heterocycles. The van der Waals surface area contributed by atoms with Gasteiger partial charge in [-0.05, 0) is 48.7 Å². The van der Waals surface area contributed by atoms with Crippen LogP contribution in [0.5, 0.6) is 0 Å². The number of ketones is 1. The molecule has 136 valence electrons. The molecule has 0 aliphatic rings. The highest BCUT2D eigenvalue weighted by Crippen LogP contribution is 2.19. The third-order valence-corrected chi connectivity index (χ3v) is 4.66. The standard InChI is InChI=1S/C23H22N2O2/c1-16-10-11-19(13-17(16)2)22(26)20-8-4-5-9-21(20)23(27)25(3)15-18-7-6-12-24-14-18/h4-14H,15H2,1-3H3. The quantitative estimate of drug-likeness (QED) is 0.642. The smallest absolute Gasteiger partial charge is 0.254 e. The van der Waals surface area contributed by atoms with Crippen LogP contribution in [0.1, 0.15) is 43.0 Å². The lowest BCUT2D eigenvalue weighted by Gasteiger charge is -2.19. The summed E-state index contributed by atoms with van der Waals surface area (Å²) in [5.41, 5.74) is 4.54. The molecule has 0 radical (unpaired) electrons. The van der Waals surface area contributed by atoms with Gasteiger partial charge in [0.15, 0.2) is 5.78 Å². The van der Waals surface area contributed by atoms with Crippen molar-refractivity contribution in [1.82, 2.24) is 9.88 Å². The first-order chi connectivity index (χ1) is 13.0. The van der Waals surface area contributed by atoms with Gasteiger partial charge >= 0.3 is 0 Å². The van der Waals surface area contributed by atoms with Crippen LogP contribution in [0.2, 0.25) is 0 Å². The first-order valence-corrected chi connectivity index (χ1v) is 8.82. The number of carbonyl (C=O) groups excluding carboxylic acids is 2. The number of amides is 1. The van der Waals surface area contributed by atoms with Crippen LogP contribution in [0.25, 0.3) is 0 Å². The Labute approximate surface area is 159 Å². The number of aromatic nitrogens is 1. The molecule has 1 aromatic heterocycles. The van der Waals surface area contributed by atoms with Crippen molar-refractivity contribution >= 4 is 11.7 Å². The van der Waals surface area contributed by atoms with E-state index in [1.54, 1.807) is 48.6 Å². The Balaban J connectivity index is 1.89. The summed E-state index contributed by atoms with van der Waals surface area (Å²) in [5.74, 6) is -0.330. The molecular weight excluding hydrogens is 336 g/mol. The second kappa shape index (κ2) is 7.96. The molecule has 1 amide bonds. The van der Waals surface area contributed by atoms with E-state index in [1.165, 1.54) is 0 Å². The maximum atomic E-state index is 13.0. The maximum absolute atomic E-state index is 13.0. The van der Waals surface area contributed by atoms with Gasteiger partial charge in [0, 0.05) is 37.1 Å². The number of pyridine rings is 1. The highest BCUT2D eigenvalue weighted by Gasteiger charge is 2.21. The maximum Gasteiger partial charge on any atom is 0.254 e. The molecule has 0 saturated carbocycles. The molecule has 27 heavy (non-hydrogen) atoms. The van der Waals surface area contributed by atoms with Crippen LogP contribution in [-0.2, 0) is 6.54 Å². The van der Waals surface area contributed by atoms with Gasteiger partial charge in [0.25, 0.3) is 5.91 Å². The van der Waals surface area contributed by atoms with E-state index in [4.69, 9.17) is 0 Å². The molecule has 0 atom stereocenters. The van der Waals surface area contributed by atoms with Crippen molar-refractivity contribution in [2.24, 2.45) is 0 Å². The van der Waals surface area contributed by atoms with Gasteiger partial charge < -0.3 is 4.90 Å². The highest BCUT2D eigenvalue weighted by molar-refractivity contribution is 6.15. The Hall–Kier alpha value is -3.27. The number of nitrogens with zero attached hydrogens (tertiary/aromatic N) is 2. The molecule has 0 saturated heterocycles. The van der Waals surface area contributed by atoms with E-state index >= 15 is 0 Å². The van der Waals surface area contributed by atoms with Gasteiger partial charge in [0.1, 0.15) is 0 Å². The Morgan fingerprint density at radius 3 is 2.33 bits per heavy atom. The van der Waals surface area contributed by atoms with Gasteiger partial charge in [-0.15, -0.1) is 0 Å². The normalized spacial score (nSPS) is 10.5. The topological polar surface area (TPSA) is 50.3 Å². The van der Waals surface area contributed by atoms with E-state index in [9.17, 15) is 9.59 Å². The molecule has 0 aliphatic heterocycles. The molecule has 4 heteroatoms. The SMILES string of the molecule is Cc1ccc(C(=O)c2ccccc2C(=O)N(C)Cc2cccnc2)cc1C. The Bertz CT molecular complexity index is 981. The fraction of sp³-hybridized carbons (Fsp3) is 0.174. The van der Waals surface area contributed by atoms with Crippen LogP contribution in [-0.4, -0.2) is 28.6 Å². The molecule has 4 nitrogen and oxygen atoms in total. The summed E-state index contributed by atoms with van der Waals surface area (Å²) >= 11 is 0. The van der Waals surface area contributed by atoms with E-state index in [2.05, 4.69) is 4.98 Å². The van der Waals surface area contributed by atoms with Crippen molar-refractivity contribution in [3.8, 4) is 0 Å². The zero-order valence-corrected chi connectivity index (χ0v) is 15.8. The molecule has 0 aliphatic carbocycles. The lowest BCUT2D eigenvalue weighted by Crippen LogP contribution is -2.28. The minimum Gasteiger partial charge on any atom is -0.337 e. The van der Waals surface area contributed by atoms with E-state index in [0.717, 1.165) is 16.7 Å². The van der Waals surface area contributed by atoms with Gasteiger partial charge in [0.05, 0.1) is 5.56 Å². The minimum atomic E-state index is -0.188. The molecule has 3 rings (SSSR count). The number of benzene rings is 2. The summed E-state index contributed by atoms with van der Waals surface area (Å²) in [6, 6.07) is 16.4. The largest absolute Gasteiger partial charge is 0.337 e. The number of rotatable bonds is 5. The fourth-order valence-electron chi connectivity index (χ4n) is 2.95. The number of hydrogen-bond donors (Lipinski definition) is 0. The average Bonchev–Trinajstić information content (AvgIpc) is 2.69. The molecule has 0 spiro atoms. The third kappa shape index (κ3) is 4.11. The summed E-state index contributed by atoms with van der Waals surface area (Å²) in [6.07, 6.45) is 3.43. The fourth-order valence-corrected chi connectivity index (χ4v) is 2.95. The van der Waals surface area contributed by atoms with E-state index in [1.807, 2.05) is 44.2 Å². The molecule has 0 bridgehead atoms. The van der Waals surface area contributed by atoms with E-state index in [-0.39, 0.29) is 11.7 Å².